The Morgan fingerprint density at radius 3 is 1.25 bits per heavy atom. The zero-order valence-electron chi connectivity index (χ0n) is 17.6. The summed E-state index contributed by atoms with van der Waals surface area (Å²) in [4.78, 5) is 0. The Hall–Kier alpha value is -0.606. The van der Waals surface area contributed by atoms with Gasteiger partial charge in [0.25, 0.3) is 0 Å². The minimum absolute atomic E-state index is 0.177. The molecule has 0 amide bonds. The number of aryl methyl sites for hydroxylation is 6. The van der Waals surface area contributed by atoms with Crippen LogP contribution in [0.2, 0.25) is 0 Å². The van der Waals surface area contributed by atoms with Crippen LogP contribution in [0, 0.1) is 41.5 Å². The Morgan fingerprint density at radius 2 is 1.00 bits per heavy atom. The van der Waals surface area contributed by atoms with Crippen molar-refractivity contribution in [2.24, 2.45) is 11.5 Å². The van der Waals surface area contributed by atoms with E-state index in [1.165, 1.54) is 33.4 Å². The molecule has 0 saturated heterocycles. The number of hydrogen-bond donors (Lipinski definition) is 2. The molecule has 0 saturated carbocycles. The van der Waals surface area contributed by atoms with Gasteiger partial charge in [0, 0.05) is 0 Å². The second-order valence-corrected chi connectivity index (χ2v) is 11.2. The Morgan fingerprint density at radius 1 is 0.714 bits per heavy atom. The van der Waals surface area contributed by atoms with E-state index in [2.05, 4.69) is 65.8 Å². The molecule has 0 aliphatic carbocycles. The molecule has 2 unspecified atom stereocenters. The van der Waals surface area contributed by atoms with E-state index in [0.717, 1.165) is 11.1 Å². The molecule has 0 aromatic heterocycles. The van der Waals surface area contributed by atoms with Crippen LogP contribution in [-0.2, 0) is 11.8 Å². The van der Waals surface area contributed by atoms with Crippen molar-refractivity contribution in [3.05, 3.63) is 68.8 Å². The van der Waals surface area contributed by atoms with Gasteiger partial charge in [-0.2, -0.15) is 0 Å². The molecule has 2 atom stereocenters. The average molecular weight is 468 g/mol. The Kier molecular flexibility index (Phi) is 8.40. The molecule has 0 aliphatic rings. The first-order valence-corrected chi connectivity index (χ1v) is 12.5. The number of benzene rings is 2. The van der Waals surface area contributed by atoms with E-state index < -0.39 is 11.8 Å². The summed E-state index contributed by atoms with van der Waals surface area (Å²) in [7, 11) is 12.7. The first-order valence-electron chi connectivity index (χ1n) is 9.38. The van der Waals surface area contributed by atoms with E-state index in [4.69, 9.17) is 31.9 Å². The van der Waals surface area contributed by atoms with Gasteiger partial charge in [0.1, 0.15) is 0 Å². The summed E-state index contributed by atoms with van der Waals surface area (Å²) in [5.41, 5.74) is 22.8. The van der Waals surface area contributed by atoms with Gasteiger partial charge in [-0.15, -0.1) is 0 Å². The van der Waals surface area contributed by atoms with Gasteiger partial charge in [0.2, 0.25) is 0 Å². The Balaban J connectivity index is 2.23. The third kappa shape index (κ3) is 5.72. The van der Waals surface area contributed by atoms with Crippen LogP contribution >= 0.6 is 20.4 Å². The van der Waals surface area contributed by atoms with Crippen molar-refractivity contribution in [1.82, 2.24) is 3.98 Å². The molecular formula is C22H32Cl2N3Ni. The molecule has 6 heteroatoms. The summed E-state index contributed by atoms with van der Waals surface area (Å²) >= 11 is -1.10. The van der Waals surface area contributed by atoms with Crippen molar-refractivity contribution in [3.63, 3.8) is 0 Å². The molecule has 3 nitrogen and oxygen atoms in total. The normalized spacial score (nSPS) is 14.3. The zero-order valence-corrected chi connectivity index (χ0v) is 20.1. The predicted octanol–water partition coefficient (Wildman–Crippen LogP) is 5.38. The Bertz CT molecular complexity index is 727. The quantitative estimate of drug-likeness (QED) is 0.537. The second kappa shape index (κ2) is 9.93. The molecule has 2 aromatic rings. The number of hydrogen-bond acceptors (Lipinski definition) is 3. The Labute approximate surface area is 182 Å². The fourth-order valence-electron chi connectivity index (χ4n) is 4.30. The van der Waals surface area contributed by atoms with Gasteiger partial charge >= 0.3 is 183 Å². The van der Waals surface area contributed by atoms with Crippen molar-refractivity contribution < 1.29 is 11.8 Å². The van der Waals surface area contributed by atoms with Crippen LogP contribution in [-0.4, -0.2) is 17.1 Å². The zero-order chi connectivity index (χ0) is 21.2. The van der Waals surface area contributed by atoms with Crippen LogP contribution in [0.25, 0.3) is 0 Å². The maximum atomic E-state index is 6.59. The molecule has 0 heterocycles. The SMILES string of the molecule is Cc1cc(C)c(C(N)C[N](CC(N)c2c(C)cc(C)cc2C)[Ni]([Cl])[Cl])c(C)c1. The van der Waals surface area contributed by atoms with Crippen LogP contribution in [0.15, 0.2) is 24.3 Å². The number of halogens is 2. The van der Waals surface area contributed by atoms with Crippen LogP contribution in [0.3, 0.4) is 0 Å². The molecule has 159 valence electrons. The molecule has 0 radical (unpaired) electrons. The number of nitrogens with two attached hydrogens (primary N) is 2. The van der Waals surface area contributed by atoms with Gasteiger partial charge < -0.3 is 0 Å². The van der Waals surface area contributed by atoms with E-state index in [-0.39, 0.29) is 12.1 Å². The van der Waals surface area contributed by atoms with Gasteiger partial charge in [-0.05, 0) is 0 Å². The van der Waals surface area contributed by atoms with E-state index >= 15 is 0 Å². The van der Waals surface area contributed by atoms with E-state index in [1.54, 1.807) is 0 Å². The van der Waals surface area contributed by atoms with Gasteiger partial charge in [0.15, 0.2) is 0 Å². The average Bonchev–Trinajstić information content (AvgIpc) is 2.51. The van der Waals surface area contributed by atoms with Gasteiger partial charge in [0.05, 0.1) is 0 Å². The van der Waals surface area contributed by atoms with E-state index in [1.807, 2.05) is 3.98 Å². The summed E-state index contributed by atoms with van der Waals surface area (Å²) in [5, 5.41) is 0. The third-order valence-electron chi connectivity index (χ3n) is 5.14. The molecule has 2 rings (SSSR count). The first-order chi connectivity index (χ1) is 13.0. The van der Waals surface area contributed by atoms with Crippen molar-refractivity contribution in [3.8, 4) is 0 Å². The van der Waals surface area contributed by atoms with Gasteiger partial charge in [-0.25, -0.2) is 0 Å². The summed E-state index contributed by atoms with van der Waals surface area (Å²) in [6, 6.07) is 8.31. The topological polar surface area (TPSA) is 55.3 Å². The van der Waals surface area contributed by atoms with Crippen LogP contribution in [0.1, 0.15) is 56.6 Å². The van der Waals surface area contributed by atoms with Crippen molar-refractivity contribution in [1.29, 1.82) is 0 Å². The summed E-state index contributed by atoms with van der Waals surface area (Å²) in [6.45, 7) is 13.7. The molecule has 0 fully saturated rings. The molecule has 2 aromatic carbocycles. The fraction of sp³-hybridized carbons (Fsp3) is 0.455. The predicted molar refractivity (Wildman–Crippen MR) is 118 cm³/mol. The van der Waals surface area contributed by atoms with Crippen LogP contribution in [0.4, 0.5) is 0 Å². The summed E-state index contributed by atoms with van der Waals surface area (Å²) < 4.78 is 2.00. The van der Waals surface area contributed by atoms with Crippen LogP contribution < -0.4 is 11.5 Å². The molecule has 0 spiro atoms. The minimum atomic E-state index is -1.10. The number of nitrogens with zero attached hydrogens (tertiary/aromatic N) is 1. The number of rotatable bonds is 7. The molecular weight excluding hydrogens is 436 g/mol. The summed E-state index contributed by atoms with van der Waals surface area (Å²) in [6.07, 6.45) is 0. The van der Waals surface area contributed by atoms with E-state index in [9.17, 15) is 0 Å². The first kappa shape index (κ1) is 23.7. The molecule has 0 bridgehead atoms. The molecule has 28 heavy (non-hydrogen) atoms. The van der Waals surface area contributed by atoms with Crippen molar-refractivity contribution in [2.45, 2.75) is 53.6 Å². The van der Waals surface area contributed by atoms with Crippen molar-refractivity contribution >= 4 is 20.4 Å². The molecule has 0 aliphatic heterocycles. The monoisotopic (exact) mass is 466 g/mol. The summed E-state index contributed by atoms with van der Waals surface area (Å²) in [5.74, 6) is 0. The van der Waals surface area contributed by atoms with Gasteiger partial charge in [-0.1, -0.05) is 0 Å². The second-order valence-electron chi connectivity index (χ2n) is 7.78. The van der Waals surface area contributed by atoms with Crippen LogP contribution in [0.5, 0.6) is 0 Å². The standard InChI is InChI=1S/C22H32N3.2ClH.Ni/c1-13-7-15(3)21(16(4)8-13)19(23)11-25-12-20(24)22-17(5)9-14(2)10-18(22)6;;;/h7-10,19-20H,11-12,23-24H2,1-6H3;2*1H;/q-1;;;+3/p-2. The molecule has 4 N–H and O–H groups in total. The fourth-order valence-corrected chi connectivity index (χ4v) is 5.68. The van der Waals surface area contributed by atoms with E-state index in [0.29, 0.717) is 13.1 Å². The maximum absolute atomic E-state index is 6.59. The third-order valence-corrected chi connectivity index (χ3v) is 7.22. The van der Waals surface area contributed by atoms with Crippen molar-refractivity contribution in [2.75, 3.05) is 13.1 Å². The van der Waals surface area contributed by atoms with Gasteiger partial charge in [-0.3, -0.25) is 0 Å².